The third-order valence-corrected chi connectivity index (χ3v) is 5.87. The van der Waals surface area contributed by atoms with Gasteiger partial charge in [0, 0.05) is 10.9 Å². The maximum absolute atomic E-state index is 12.5. The first kappa shape index (κ1) is 19.2. The van der Waals surface area contributed by atoms with Crippen molar-refractivity contribution >= 4 is 27.3 Å². The van der Waals surface area contributed by atoms with Crippen LogP contribution in [0.4, 0.5) is 0 Å². The normalized spacial score (nSPS) is 12.6. The van der Waals surface area contributed by atoms with Crippen molar-refractivity contribution in [2.24, 2.45) is 5.14 Å². The largest absolute Gasteiger partial charge is 0.344 e. The van der Waals surface area contributed by atoms with Crippen LogP contribution in [-0.4, -0.2) is 19.3 Å². The molecule has 140 valence electrons. The fourth-order valence-electron chi connectivity index (χ4n) is 2.52. The molecule has 0 spiro atoms. The first-order chi connectivity index (χ1) is 12.7. The molecule has 0 aliphatic rings. The van der Waals surface area contributed by atoms with Crippen LogP contribution in [0.1, 0.15) is 34.6 Å². The number of amides is 1. The zero-order valence-electron chi connectivity index (χ0n) is 14.8. The Morgan fingerprint density at radius 2 is 1.89 bits per heavy atom. The van der Waals surface area contributed by atoms with Crippen LogP contribution in [0.15, 0.2) is 58.8 Å². The minimum absolute atomic E-state index is 0.0106. The maximum Gasteiger partial charge on any atom is 0.271 e. The molecular weight excluding hydrogens is 382 g/mol. The number of aromatic nitrogens is 1. The molecule has 0 saturated heterocycles. The van der Waals surface area contributed by atoms with Gasteiger partial charge in [0.05, 0.1) is 10.9 Å². The lowest BCUT2D eigenvalue weighted by Gasteiger charge is -2.14. The topological polar surface area (TPSA) is 102 Å². The van der Waals surface area contributed by atoms with Crippen LogP contribution >= 0.6 is 11.3 Å². The summed E-state index contributed by atoms with van der Waals surface area (Å²) < 4.78 is 23.0. The summed E-state index contributed by atoms with van der Waals surface area (Å²) in [6, 6.07) is 13.7. The second kappa shape index (κ2) is 7.59. The lowest BCUT2D eigenvalue weighted by molar-refractivity contribution is 0.0935. The fraction of sp³-hybridized carbons (Fsp3) is 0.158. The number of nitrogens with zero attached hydrogens (tertiary/aromatic N) is 1. The number of rotatable bonds is 5. The predicted octanol–water partition coefficient (Wildman–Crippen LogP) is 3.26. The fourth-order valence-corrected chi connectivity index (χ4v) is 3.90. The van der Waals surface area contributed by atoms with Gasteiger partial charge in [0.15, 0.2) is 0 Å². The molecule has 2 aromatic carbocycles. The standard InChI is InChI=1S/C19H19N3O3S2/c1-12-6-8-14(9-7-12)19-22-17(11-26-19)18(23)21-13(2)15-4-3-5-16(10-15)27(20,24)25/h3-11,13H,1-2H3,(H,21,23)(H2,20,24,25). The molecule has 1 amide bonds. The highest BCUT2D eigenvalue weighted by molar-refractivity contribution is 7.89. The quantitative estimate of drug-likeness (QED) is 0.685. The summed E-state index contributed by atoms with van der Waals surface area (Å²) in [7, 11) is -3.79. The number of nitrogens with two attached hydrogens (primary N) is 1. The van der Waals surface area contributed by atoms with E-state index in [0.29, 0.717) is 11.3 Å². The summed E-state index contributed by atoms with van der Waals surface area (Å²) in [4.78, 5) is 16.9. The molecule has 0 bridgehead atoms. The first-order valence-electron chi connectivity index (χ1n) is 8.20. The van der Waals surface area contributed by atoms with Crippen molar-refractivity contribution in [3.05, 3.63) is 70.7 Å². The van der Waals surface area contributed by atoms with E-state index in [1.165, 1.54) is 23.5 Å². The smallest absolute Gasteiger partial charge is 0.271 e. The zero-order valence-corrected chi connectivity index (χ0v) is 16.5. The average Bonchev–Trinajstić information content (AvgIpc) is 3.12. The van der Waals surface area contributed by atoms with Gasteiger partial charge >= 0.3 is 0 Å². The van der Waals surface area contributed by atoms with Crippen LogP contribution in [0, 0.1) is 6.92 Å². The van der Waals surface area contributed by atoms with E-state index < -0.39 is 16.1 Å². The Balaban J connectivity index is 1.75. The van der Waals surface area contributed by atoms with E-state index in [9.17, 15) is 13.2 Å². The van der Waals surface area contributed by atoms with Gasteiger partial charge < -0.3 is 5.32 Å². The molecule has 1 atom stereocenters. The van der Waals surface area contributed by atoms with Crippen LogP contribution in [0.5, 0.6) is 0 Å². The molecule has 3 N–H and O–H groups in total. The first-order valence-corrected chi connectivity index (χ1v) is 10.6. The van der Waals surface area contributed by atoms with Crippen LogP contribution in [0.25, 0.3) is 10.6 Å². The molecule has 0 fully saturated rings. The molecule has 0 saturated carbocycles. The Bertz CT molecular complexity index is 1070. The summed E-state index contributed by atoms with van der Waals surface area (Å²) in [6.07, 6.45) is 0. The van der Waals surface area contributed by atoms with Crippen molar-refractivity contribution in [1.29, 1.82) is 0 Å². The third-order valence-electron chi connectivity index (χ3n) is 4.07. The number of thiazole rings is 1. The van der Waals surface area contributed by atoms with Crippen molar-refractivity contribution in [3.8, 4) is 10.6 Å². The molecule has 0 radical (unpaired) electrons. The van der Waals surface area contributed by atoms with Gasteiger partial charge in [-0.15, -0.1) is 11.3 Å². The Hall–Kier alpha value is -2.55. The second-order valence-corrected chi connectivity index (χ2v) is 8.64. The SMILES string of the molecule is Cc1ccc(-c2nc(C(=O)NC(C)c3cccc(S(N)(=O)=O)c3)cs2)cc1. The Kier molecular flexibility index (Phi) is 5.41. The number of carbonyl (C=O) groups excluding carboxylic acids is 1. The van der Waals surface area contributed by atoms with Gasteiger partial charge in [0.2, 0.25) is 10.0 Å². The van der Waals surface area contributed by atoms with E-state index in [1.54, 1.807) is 24.4 Å². The molecule has 3 rings (SSSR count). The molecule has 27 heavy (non-hydrogen) atoms. The summed E-state index contributed by atoms with van der Waals surface area (Å²) in [6.45, 7) is 3.78. The minimum Gasteiger partial charge on any atom is -0.344 e. The third kappa shape index (κ3) is 4.60. The highest BCUT2D eigenvalue weighted by Crippen LogP contribution is 2.24. The number of nitrogens with one attached hydrogen (secondary N) is 1. The highest BCUT2D eigenvalue weighted by atomic mass is 32.2. The van der Waals surface area contributed by atoms with Crippen LogP contribution in [0.2, 0.25) is 0 Å². The monoisotopic (exact) mass is 401 g/mol. The van der Waals surface area contributed by atoms with Gasteiger partial charge in [-0.25, -0.2) is 18.5 Å². The average molecular weight is 402 g/mol. The van der Waals surface area contributed by atoms with Gasteiger partial charge in [-0.2, -0.15) is 0 Å². The van der Waals surface area contributed by atoms with Crippen molar-refractivity contribution in [2.45, 2.75) is 24.8 Å². The number of hydrogen-bond acceptors (Lipinski definition) is 5. The number of benzene rings is 2. The Morgan fingerprint density at radius 1 is 1.19 bits per heavy atom. The number of hydrogen-bond donors (Lipinski definition) is 2. The summed E-state index contributed by atoms with van der Waals surface area (Å²) >= 11 is 1.40. The van der Waals surface area contributed by atoms with Gasteiger partial charge in [0.1, 0.15) is 10.7 Å². The second-order valence-electron chi connectivity index (χ2n) is 6.22. The summed E-state index contributed by atoms with van der Waals surface area (Å²) in [5.41, 5.74) is 3.08. The summed E-state index contributed by atoms with van der Waals surface area (Å²) in [5.74, 6) is -0.321. The molecule has 0 aliphatic heterocycles. The van der Waals surface area contributed by atoms with E-state index in [4.69, 9.17) is 5.14 Å². The maximum atomic E-state index is 12.5. The van der Waals surface area contributed by atoms with Gasteiger partial charge in [-0.05, 0) is 31.5 Å². The van der Waals surface area contributed by atoms with Crippen molar-refractivity contribution < 1.29 is 13.2 Å². The summed E-state index contributed by atoms with van der Waals surface area (Å²) in [5, 5.41) is 10.5. The number of sulfonamides is 1. The molecule has 3 aromatic rings. The van der Waals surface area contributed by atoms with Gasteiger partial charge in [-0.3, -0.25) is 4.79 Å². The molecule has 1 aromatic heterocycles. The minimum atomic E-state index is -3.79. The molecular formula is C19H19N3O3S2. The van der Waals surface area contributed by atoms with Crippen LogP contribution in [0.3, 0.4) is 0 Å². The van der Waals surface area contributed by atoms with Crippen molar-refractivity contribution in [2.75, 3.05) is 0 Å². The van der Waals surface area contributed by atoms with E-state index in [2.05, 4.69) is 10.3 Å². The van der Waals surface area contributed by atoms with Gasteiger partial charge in [-0.1, -0.05) is 42.0 Å². The number of aryl methyl sites for hydroxylation is 1. The molecule has 1 heterocycles. The number of carbonyl (C=O) groups is 1. The lowest BCUT2D eigenvalue weighted by atomic mass is 10.1. The Labute approximate surface area is 162 Å². The lowest BCUT2D eigenvalue weighted by Crippen LogP contribution is -2.27. The molecule has 6 nitrogen and oxygen atoms in total. The van der Waals surface area contributed by atoms with Crippen LogP contribution < -0.4 is 10.5 Å². The predicted molar refractivity (Wildman–Crippen MR) is 106 cm³/mol. The zero-order chi connectivity index (χ0) is 19.6. The number of primary sulfonamides is 1. The Morgan fingerprint density at radius 3 is 2.56 bits per heavy atom. The molecule has 0 aliphatic carbocycles. The van der Waals surface area contributed by atoms with E-state index in [-0.39, 0.29) is 10.8 Å². The molecule has 8 heteroatoms. The van der Waals surface area contributed by atoms with Crippen molar-refractivity contribution in [3.63, 3.8) is 0 Å². The van der Waals surface area contributed by atoms with E-state index in [1.807, 2.05) is 31.2 Å². The van der Waals surface area contributed by atoms with Gasteiger partial charge in [0.25, 0.3) is 5.91 Å². The van der Waals surface area contributed by atoms with E-state index in [0.717, 1.165) is 16.1 Å². The van der Waals surface area contributed by atoms with Crippen molar-refractivity contribution in [1.82, 2.24) is 10.3 Å². The van der Waals surface area contributed by atoms with E-state index >= 15 is 0 Å². The highest BCUT2D eigenvalue weighted by Gasteiger charge is 2.17. The van der Waals surface area contributed by atoms with Crippen LogP contribution in [-0.2, 0) is 10.0 Å². The molecule has 1 unspecified atom stereocenters.